The minimum absolute atomic E-state index is 0.662. The van der Waals surface area contributed by atoms with E-state index in [2.05, 4.69) is 33.4 Å². The lowest BCUT2D eigenvalue weighted by atomic mass is 9.83. The van der Waals surface area contributed by atoms with Crippen molar-refractivity contribution >= 4 is 0 Å². The van der Waals surface area contributed by atoms with Crippen LogP contribution in [-0.2, 0) is 0 Å². The minimum atomic E-state index is 0.662. The highest BCUT2D eigenvalue weighted by atomic mass is 14.2. The first-order valence-electron chi connectivity index (χ1n) is 4.49. The van der Waals surface area contributed by atoms with Gasteiger partial charge in [-0.1, -0.05) is 39.0 Å². The maximum absolute atomic E-state index is 4.10. The van der Waals surface area contributed by atoms with Crippen molar-refractivity contribution in [2.75, 3.05) is 0 Å². The maximum atomic E-state index is 4.10. The van der Waals surface area contributed by atoms with E-state index < -0.39 is 0 Å². The molecule has 0 aromatic heterocycles. The Bertz CT molecular complexity index is 184. The molecule has 0 heterocycles. The van der Waals surface area contributed by atoms with E-state index in [0.717, 1.165) is 5.92 Å². The summed E-state index contributed by atoms with van der Waals surface area (Å²) in [6.07, 6.45) is 4.80. The second-order valence-corrected chi connectivity index (χ2v) is 3.96. The van der Waals surface area contributed by atoms with Crippen LogP contribution in [0.5, 0.6) is 0 Å². The van der Waals surface area contributed by atoms with Gasteiger partial charge in [0.1, 0.15) is 0 Å². The van der Waals surface area contributed by atoms with Crippen molar-refractivity contribution in [3.8, 4) is 0 Å². The van der Waals surface area contributed by atoms with Gasteiger partial charge in [0.25, 0.3) is 0 Å². The van der Waals surface area contributed by atoms with Crippen molar-refractivity contribution in [2.24, 2.45) is 11.8 Å². The molecular formula is C11H18. The molecule has 0 amide bonds. The van der Waals surface area contributed by atoms with E-state index in [-0.39, 0.29) is 0 Å². The second-order valence-electron chi connectivity index (χ2n) is 3.96. The summed E-state index contributed by atoms with van der Waals surface area (Å²) in [6.45, 7) is 10.9. The Morgan fingerprint density at radius 3 is 2.64 bits per heavy atom. The largest absolute Gasteiger partial charge is 0.0955 e. The summed E-state index contributed by atoms with van der Waals surface area (Å²) in [5.74, 6) is 1.47. The van der Waals surface area contributed by atoms with Crippen LogP contribution in [0.25, 0.3) is 0 Å². The van der Waals surface area contributed by atoms with Crippen LogP contribution >= 0.6 is 0 Å². The molecule has 62 valence electrons. The van der Waals surface area contributed by atoms with Crippen molar-refractivity contribution in [2.45, 2.75) is 33.6 Å². The Labute approximate surface area is 70.0 Å². The van der Waals surface area contributed by atoms with Gasteiger partial charge in [0.05, 0.1) is 0 Å². The maximum Gasteiger partial charge on any atom is -0.0219 e. The summed E-state index contributed by atoms with van der Waals surface area (Å²) in [7, 11) is 0. The number of hydrogen-bond acceptors (Lipinski definition) is 0. The lowest BCUT2D eigenvalue weighted by Crippen LogP contribution is -2.07. The molecule has 11 heavy (non-hydrogen) atoms. The molecule has 0 heteroatoms. The van der Waals surface area contributed by atoms with Crippen molar-refractivity contribution in [3.05, 3.63) is 23.8 Å². The quantitative estimate of drug-likeness (QED) is 0.536. The monoisotopic (exact) mass is 150 g/mol. The highest BCUT2D eigenvalue weighted by Crippen LogP contribution is 2.30. The average Bonchev–Trinajstić information content (AvgIpc) is 1.85. The van der Waals surface area contributed by atoms with Gasteiger partial charge in [-0.15, -0.1) is 0 Å². The van der Waals surface area contributed by atoms with Crippen LogP contribution < -0.4 is 0 Å². The summed E-state index contributed by atoms with van der Waals surface area (Å²) in [4.78, 5) is 0. The first-order valence-corrected chi connectivity index (χ1v) is 4.49. The zero-order valence-electron chi connectivity index (χ0n) is 7.85. The molecular weight excluding hydrogens is 132 g/mol. The number of rotatable bonds is 1. The summed E-state index contributed by atoms with van der Waals surface area (Å²) in [5, 5.41) is 0. The number of allylic oxidation sites excluding steroid dienone is 3. The van der Waals surface area contributed by atoms with Gasteiger partial charge >= 0.3 is 0 Å². The summed E-state index contributed by atoms with van der Waals surface area (Å²) in [5.41, 5.74) is 2.85. The average molecular weight is 150 g/mol. The molecule has 0 N–H and O–H groups in total. The Balaban J connectivity index is 2.73. The van der Waals surface area contributed by atoms with Gasteiger partial charge in [0.15, 0.2) is 0 Å². The first kappa shape index (κ1) is 8.58. The normalized spacial score (nSPS) is 25.6. The van der Waals surface area contributed by atoms with E-state index in [4.69, 9.17) is 0 Å². The van der Waals surface area contributed by atoms with Crippen molar-refractivity contribution < 1.29 is 0 Å². The zero-order valence-corrected chi connectivity index (χ0v) is 7.85. The molecule has 0 saturated carbocycles. The standard InChI is InChI=1S/C11H18/c1-8(2)11-6-5-9(3)7-10(11)4/h6,8-9H,4-5,7H2,1-3H3. The van der Waals surface area contributed by atoms with Crippen LogP contribution in [-0.4, -0.2) is 0 Å². The molecule has 0 aromatic rings. The fraction of sp³-hybridized carbons (Fsp3) is 0.636. The van der Waals surface area contributed by atoms with E-state index in [9.17, 15) is 0 Å². The molecule has 0 saturated heterocycles. The number of hydrogen-bond donors (Lipinski definition) is 0. The molecule has 1 unspecified atom stereocenters. The molecule has 0 nitrogen and oxygen atoms in total. The smallest absolute Gasteiger partial charge is 0.0219 e. The van der Waals surface area contributed by atoms with Crippen LogP contribution in [0.15, 0.2) is 23.8 Å². The summed E-state index contributed by atoms with van der Waals surface area (Å²) in [6, 6.07) is 0. The van der Waals surface area contributed by atoms with Gasteiger partial charge in [-0.05, 0) is 30.3 Å². The van der Waals surface area contributed by atoms with E-state index in [1.165, 1.54) is 24.0 Å². The predicted molar refractivity (Wildman–Crippen MR) is 50.5 cm³/mol. The topological polar surface area (TPSA) is 0 Å². The molecule has 0 fully saturated rings. The Kier molecular flexibility index (Phi) is 2.53. The van der Waals surface area contributed by atoms with Gasteiger partial charge in [-0.2, -0.15) is 0 Å². The Morgan fingerprint density at radius 1 is 1.55 bits per heavy atom. The second kappa shape index (κ2) is 3.25. The van der Waals surface area contributed by atoms with Gasteiger partial charge < -0.3 is 0 Å². The molecule has 0 radical (unpaired) electrons. The highest BCUT2D eigenvalue weighted by Gasteiger charge is 2.15. The predicted octanol–water partition coefficient (Wildman–Crippen LogP) is 3.55. The molecule has 0 spiro atoms. The van der Waals surface area contributed by atoms with Gasteiger partial charge in [0, 0.05) is 0 Å². The van der Waals surface area contributed by atoms with E-state index in [0.29, 0.717) is 5.92 Å². The van der Waals surface area contributed by atoms with E-state index >= 15 is 0 Å². The van der Waals surface area contributed by atoms with Crippen molar-refractivity contribution in [1.82, 2.24) is 0 Å². The van der Waals surface area contributed by atoms with Gasteiger partial charge in [-0.3, -0.25) is 0 Å². The zero-order chi connectivity index (χ0) is 8.43. The van der Waals surface area contributed by atoms with Crippen molar-refractivity contribution in [1.29, 1.82) is 0 Å². The van der Waals surface area contributed by atoms with Gasteiger partial charge in [-0.25, -0.2) is 0 Å². The molecule has 1 aliphatic carbocycles. The van der Waals surface area contributed by atoms with Gasteiger partial charge in [0.2, 0.25) is 0 Å². The van der Waals surface area contributed by atoms with Crippen LogP contribution in [0.2, 0.25) is 0 Å². The van der Waals surface area contributed by atoms with Crippen molar-refractivity contribution in [3.63, 3.8) is 0 Å². The van der Waals surface area contributed by atoms with Crippen LogP contribution in [0, 0.1) is 11.8 Å². The van der Waals surface area contributed by atoms with E-state index in [1.54, 1.807) is 0 Å². The lowest BCUT2D eigenvalue weighted by Gasteiger charge is -2.23. The third-order valence-corrected chi connectivity index (χ3v) is 2.37. The van der Waals surface area contributed by atoms with Crippen LogP contribution in [0.4, 0.5) is 0 Å². The molecule has 1 aliphatic rings. The van der Waals surface area contributed by atoms with Crippen LogP contribution in [0.1, 0.15) is 33.6 Å². The Morgan fingerprint density at radius 2 is 2.18 bits per heavy atom. The third kappa shape index (κ3) is 1.95. The molecule has 1 atom stereocenters. The van der Waals surface area contributed by atoms with E-state index in [1.807, 2.05) is 0 Å². The molecule has 0 bridgehead atoms. The lowest BCUT2D eigenvalue weighted by molar-refractivity contribution is 0.553. The highest BCUT2D eigenvalue weighted by molar-refractivity contribution is 5.32. The third-order valence-electron chi connectivity index (χ3n) is 2.37. The molecule has 0 aliphatic heterocycles. The summed E-state index contributed by atoms with van der Waals surface area (Å²) >= 11 is 0. The fourth-order valence-corrected chi connectivity index (χ4v) is 1.74. The van der Waals surface area contributed by atoms with Crippen LogP contribution in [0.3, 0.4) is 0 Å². The summed E-state index contributed by atoms with van der Waals surface area (Å²) < 4.78 is 0. The first-order chi connectivity index (χ1) is 5.11. The Hall–Kier alpha value is -0.520. The molecule has 0 aromatic carbocycles. The SMILES string of the molecule is C=C1CC(C)CC=C1C(C)C. The minimum Gasteiger partial charge on any atom is -0.0955 e. The molecule has 1 rings (SSSR count). The fourth-order valence-electron chi connectivity index (χ4n) is 1.74.